The van der Waals surface area contributed by atoms with Crippen molar-refractivity contribution in [2.75, 3.05) is 31.5 Å². The largest absolute Gasteiger partial charge is 0.444 e. The van der Waals surface area contributed by atoms with Crippen LogP contribution < -0.4 is 21.7 Å². The van der Waals surface area contributed by atoms with Gasteiger partial charge in [-0.1, -0.05) is 11.6 Å². The summed E-state index contributed by atoms with van der Waals surface area (Å²) in [5.74, 6) is 0.738. The second-order valence-electron chi connectivity index (χ2n) is 10.4. The molecule has 2 amide bonds. The number of rotatable bonds is 6. The molecule has 0 aliphatic heterocycles. The highest BCUT2D eigenvalue weighted by Gasteiger charge is 2.16. The molecule has 4 heterocycles. The Labute approximate surface area is 243 Å². The van der Waals surface area contributed by atoms with Crippen molar-refractivity contribution in [1.29, 1.82) is 0 Å². The van der Waals surface area contributed by atoms with Crippen LogP contribution in [0.2, 0.25) is 5.15 Å². The molecule has 4 rings (SSSR count). The highest BCUT2D eigenvalue weighted by Crippen LogP contribution is 2.17. The standard InChI is InChI=1S/C13H19N5O2.C7H16N2O2.C6H4ClN3/c1-13(2,3)20-12(19)16-7-6-15-11-9-4-5-14-10(9)17-8-18-11;1-7(2,3)11-6(10)9-5-4-8;7-5-4-1-2-8-6(4)10-3-9-5/h4-5,8H,6-7H2,1-3H3,(H,16,19)(H2,14,15,17,18);4-5,8H2,1-3H3,(H,9,10);1-3H,(H,8,9,10). The number of amides is 2. The lowest BCUT2D eigenvalue weighted by atomic mass is 10.2. The molecule has 7 N–H and O–H groups in total. The van der Waals surface area contributed by atoms with Crippen LogP contribution in [-0.2, 0) is 9.47 Å². The number of hydrogen-bond donors (Lipinski definition) is 6. The Hall–Kier alpha value is -4.17. The van der Waals surface area contributed by atoms with Crippen LogP contribution in [0.4, 0.5) is 15.4 Å². The van der Waals surface area contributed by atoms with E-state index in [1.165, 1.54) is 12.7 Å². The first kappa shape index (κ1) is 33.0. The van der Waals surface area contributed by atoms with Gasteiger partial charge in [-0.25, -0.2) is 29.5 Å². The van der Waals surface area contributed by atoms with Crippen LogP contribution in [0.1, 0.15) is 41.5 Å². The van der Waals surface area contributed by atoms with Crippen LogP contribution >= 0.6 is 11.6 Å². The van der Waals surface area contributed by atoms with Gasteiger partial charge in [-0.2, -0.15) is 0 Å². The van der Waals surface area contributed by atoms with E-state index in [2.05, 4.69) is 45.9 Å². The second-order valence-corrected chi connectivity index (χ2v) is 10.8. The maximum atomic E-state index is 11.4. The van der Waals surface area contributed by atoms with E-state index in [4.69, 9.17) is 26.8 Å². The summed E-state index contributed by atoms with van der Waals surface area (Å²) in [5, 5.41) is 10.6. The lowest BCUT2D eigenvalue weighted by Gasteiger charge is -2.19. The number of nitrogens with two attached hydrogens (primary N) is 1. The van der Waals surface area contributed by atoms with E-state index in [0.29, 0.717) is 31.3 Å². The highest BCUT2D eigenvalue weighted by atomic mass is 35.5. The molecule has 0 saturated heterocycles. The number of halogens is 1. The third kappa shape index (κ3) is 12.7. The Morgan fingerprint density at radius 1 is 0.805 bits per heavy atom. The molecule has 224 valence electrons. The van der Waals surface area contributed by atoms with Crippen LogP contribution in [0.25, 0.3) is 22.1 Å². The number of nitrogens with one attached hydrogen (secondary N) is 5. The number of aromatic amines is 2. The van der Waals surface area contributed by atoms with Gasteiger partial charge in [0.2, 0.25) is 0 Å². The fourth-order valence-corrected chi connectivity index (χ4v) is 3.20. The van der Waals surface area contributed by atoms with Gasteiger partial charge in [0.15, 0.2) is 0 Å². The summed E-state index contributed by atoms with van der Waals surface area (Å²) in [6.07, 6.45) is 5.68. The second kappa shape index (κ2) is 15.6. The SMILES string of the molecule is CC(C)(C)OC(=O)NCCN.CC(C)(C)OC(=O)NCCNc1ncnc2[nH]ccc12.Clc1ncnc2[nH]ccc12. The third-order valence-corrected chi connectivity index (χ3v) is 4.86. The van der Waals surface area contributed by atoms with Crippen molar-refractivity contribution in [2.45, 2.75) is 52.7 Å². The van der Waals surface area contributed by atoms with E-state index in [-0.39, 0.29) is 0 Å². The van der Waals surface area contributed by atoms with Crippen molar-refractivity contribution < 1.29 is 19.1 Å². The first-order valence-electron chi connectivity index (χ1n) is 12.9. The van der Waals surface area contributed by atoms with Crippen molar-refractivity contribution >= 4 is 51.7 Å². The molecule has 0 aromatic carbocycles. The summed E-state index contributed by atoms with van der Waals surface area (Å²) < 4.78 is 10.1. The van der Waals surface area contributed by atoms with Crippen LogP contribution in [0.3, 0.4) is 0 Å². The predicted octanol–water partition coefficient (Wildman–Crippen LogP) is 3.98. The number of carbonyl (C=O) groups is 2. The molecular weight excluding hydrogens is 552 g/mol. The van der Waals surface area contributed by atoms with Crippen molar-refractivity contribution in [3.63, 3.8) is 0 Å². The fourth-order valence-electron chi connectivity index (χ4n) is 3.00. The Kier molecular flexibility index (Phi) is 12.5. The molecule has 14 nitrogen and oxygen atoms in total. The first-order chi connectivity index (χ1) is 19.3. The van der Waals surface area contributed by atoms with Crippen molar-refractivity contribution in [3.05, 3.63) is 42.3 Å². The average molecular weight is 591 g/mol. The van der Waals surface area contributed by atoms with E-state index in [0.717, 1.165) is 27.9 Å². The minimum atomic E-state index is -0.485. The molecule has 0 radical (unpaired) electrons. The lowest BCUT2D eigenvalue weighted by molar-refractivity contribution is 0.0518. The van der Waals surface area contributed by atoms with Crippen LogP contribution in [-0.4, -0.2) is 79.5 Å². The average Bonchev–Trinajstić information content (AvgIpc) is 3.55. The smallest absolute Gasteiger partial charge is 0.407 e. The maximum Gasteiger partial charge on any atom is 0.407 e. The Morgan fingerprint density at radius 2 is 1.32 bits per heavy atom. The van der Waals surface area contributed by atoms with E-state index in [1.807, 2.05) is 59.9 Å². The quantitative estimate of drug-likeness (QED) is 0.141. The Morgan fingerprint density at radius 3 is 1.85 bits per heavy atom. The van der Waals surface area contributed by atoms with Gasteiger partial charge in [0.25, 0.3) is 0 Å². The minimum Gasteiger partial charge on any atom is -0.444 e. The molecule has 0 spiro atoms. The van der Waals surface area contributed by atoms with Crippen LogP contribution in [0, 0.1) is 0 Å². The number of carbonyl (C=O) groups excluding carboxylic acids is 2. The zero-order valence-corrected chi connectivity index (χ0v) is 24.9. The predicted molar refractivity (Wildman–Crippen MR) is 159 cm³/mol. The van der Waals surface area contributed by atoms with Crippen LogP contribution in [0.5, 0.6) is 0 Å². The van der Waals surface area contributed by atoms with Crippen molar-refractivity contribution in [1.82, 2.24) is 40.5 Å². The molecule has 41 heavy (non-hydrogen) atoms. The lowest BCUT2D eigenvalue weighted by Crippen LogP contribution is -2.35. The summed E-state index contributed by atoms with van der Waals surface area (Å²) in [4.78, 5) is 44.3. The van der Waals surface area contributed by atoms with Gasteiger partial charge in [-0.3, -0.25) is 0 Å². The molecule has 0 fully saturated rings. The Balaban J connectivity index is 0.000000236. The molecule has 4 aromatic rings. The van der Waals surface area contributed by atoms with E-state index in [9.17, 15) is 9.59 Å². The van der Waals surface area contributed by atoms with Crippen LogP contribution in [0.15, 0.2) is 37.2 Å². The summed E-state index contributed by atoms with van der Waals surface area (Å²) in [6.45, 7) is 12.8. The highest BCUT2D eigenvalue weighted by molar-refractivity contribution is 6.33. The third-order valence-electron chi connectivity index (χ3n) is 4.56. The first-order valence-corrected chi connectivity index (χ1v) is 13.3. The van der Waals surface area contributed by atoms with Crippen molar-refractivity contribution in [2.24, 2.45) is 5.73 Å². The zero-order valence-electron chi connectivity index (χ0n) is 24.2. The van der Waals surface area contributed by atoms with Gasteiger partial charge < -0.3 is 41.1 Å². The van der Waals surface area contributed by atoms with Gasteiger partial charge in [-0.15, -0.1) is 0 Å². The topological polar surface area (TPSA) is 198 Å². The minimum absolute atomic E-state index is 0.414. The number of hydrogen-bond acceptors (Lipinski definition) is 10. The molecule has 15 heteroatoms. The molecule has 4 aromatic heterocycles. The number of H-pyrrole nitrogens is 2. The van der Waals surface area contributed by atoms with Gasteiger partial charge >= 0.3 is 12.2 Å². The molecule has 0 saturated carbocycles. The summed E-state index contributed by atoms with van der Waals surface area (Å²) >= 11 is 5.73. The van der Waals surface area contributed by atoms with Crippen molar-refractivity contribution in [3.8, 4) is 0 Å². The molecular formula is C26H39ClN10O4. The summed E-state index contributed by atoms with van der Waals surface area (Å²) in [6, 6.07) is 3.75. The van der Waals surface area contributed by atoms with E-state index < -0.39 is 23.4 Å². The molecule has 0 bridgehead atoms. The number of aromatic nitrogens is 6. The molecule has 0 aliphatic carbocycles. The monoisotopic (exact) mass is 590 g/mol. The summed E-state index contributed by atoms with van der Waals surface area (Å²) in [5.41, 5.74) is 5.81. The number of anilines is 1. The molecule has 0 atom stereocenters. The van der Waals surface area contributed by atoms with Gasteiger partial charge in [0.05, 0.1) is 10.8 Å². The maximum absolute atomic E-state index is 11.4. The van der Waals surface area contributed by atoms with Gasteiger partial charge in [0.1, 0.15) is 46.1 Å². The number of alkyl carbamates (subject to hydrolysis) is 2. The summed E-state index contributed by atoms with van der Waals surface area (Å²) in [7, 11) is 0. The number of nitrogens with zero attached hydrogens (tertiary/aromatic N) is 4. The Bertz CT molecular complexity index is 1380. The van der Waals surface area contributed by atoms with Gasteiger partial charge in [0, 0.05) is 38.6 Å². The molecule has 0 unspecified atom stereocenters. The van der Waals surface area contributed by atoms with Gasteiger partial charge in [-0.05, 0) is 53.7 Å². The fraction of sp³-hybridized carbons (Fsp3) is 0.462. The zero-order chi connectivity index (χ0) is 30.5. The number of ether oxygens (including phenoxy) is 2. The van der Waals surface area contributed by atoms with E-state index in [1.54, 1.807) is 6.20 Å². The molecule has 0 aliphatic rings. The van der Waals surface area contributed by atoms with E-state index >= 15 is 0 Å². The normalized spacial score (nSPS) is 11.0. The number of fused-ring (bicyclic) bond motifs is 2.